The Hall–Kier alpha value is -3.76. The Morgan fingerprint density at radius 2 is 1.23 bits per heavy atom. The average Bonchev–Trinajstić information content (AvgIpc) is 2.92. The Kier molecular flexibility index (Phi) is 13.8. The lowest BCUT2D eigenvalue weighted by Crippen LogP contribution is -2.57. The predicted octanol–water partition coefficient (Wildman–Crippen LogP) is 1.51. The summed E-state index contributed by atoms with van der Waals surface area (Å²) in [5.41, 5.74) is 13.5. The molecule has 0 radical (unpaired) electrons. The van der Waals surface area contributed by atoms with Crippen LogP contribution in [0.5, 0.6) is 0 Å². The van der Waals surface area contributed by atoms with Gasteiger partial charge in [0.25, 0.3) is 0 Å². The molecule has 0 aliphatic rings. The van der Waals surface area contributed by atoms with Crippen LogP contribution in [-0.4, -0.2) is 59.5 Å². The van der Waals surface area contributed by atoms with Crippen molar-refractivity contribution in [2.24, 2.45) is 17.4 Å². The largest absolute Gasteiger partial charge is 0.480 e. The second-order valence-corrected chi connectivity index (χ2v) is 10.4. The fourth-order valence-electron chi connectivity index (χ4n) is 4.30. The molecule has 0 heterocycles. The molecule has 4 unspecified atom stereocenters. The summed E-state index contributed by atoms with van der Waals surface area (Å²) in [4.78, 5) is 51.4. The first-order valence-corrected chi connectivity index (χ1v) is 13.8. The SMILES string of the molecule is CC(C)CC(NC(=O)C(CCCCN)NC(=O)C(Cc1ccccc1)NC(=O)C(N)Cc1ccccc1)C(=O)O. The van der Waals surface area contributed by atoms with Crippen molar-refractivity contribution < 1.29 is 24.3 Å². The first-order valence-electron chi connectivity index (χ1n) is 13.8. The van der Waals surface area contributed by atoms with Crippen LogP contribution in [-0.2, 0) is 32.0 Å². The number of benzene rings is 2. The van der Waals surface area contributed by atoms with Crippen molar-refractivity contribution in [3.8, 4) is 0 Å². The van der Waals surface area contributed by atoms with Gasteiger partial charge >= 0.3 is 5.97 Å². The van der Waals surface area contributed by atoms with Gasteiger partial charge in [-0.05, 0) is 55.7 Å². The summed E-state index contributed by atoms with van der Waals surface area (Å²) in [6, 6.07) is 14.5. The number of hydrogen-bond acceptors (Lipinski definition) is 6. The Morgan fingerprint density at radius 3 is 1.75 bits per heavy atom. The highest BCUT2D eigenvalue weighted by atomic mass is 16.4. The normalized spacial score (nSPS) is 14.0. The van der Waals surface area contributed by atoms with Crippen molar-refractivity contribution >= 4 is 23.7 Å². The molecule has 10 nitrogen and oxygen atoms in total. The van der Waals surface area contributed by atoms with E-state index < -0.39 is 47.9 Å². The fraction of sp³-hybridized carbons (Fsp3) is 0.467. The van der Waals surface area contributed by atoms with Crippen molar-refractivity contribution in [2.45, 2.75) is 76.5 Å². The van der Waals surface area contributed by atoms with Gasteiger partial charge in [-0.3, -0.25) is 14.4 Å². The lowest BCUT2D eigenvalue weighted by Gasteiger charge is -2.26. The first-order chi connectivity index (χ1) is 19.1. The molecule has 2 rings (SSSR count). The third kappa shape index (κ3) is 11.5. The van der Waals surface area contributed by atoms with Gasteiger partial charge in [-0.15, -0.1) is 0 Å². The number of carboxylic acids is 1. The molecule has 0 aliphatic carbocycles. The van der Waals surface area contributed by atoms with Gasteiger partial charge < -0.3 is 32.5 Å². The third-order valence-electron chi connectivity index (χ3n) is 6.45. The number of hydrogen-bond donors (Lipinski definition) is 6. The number of carboxylic acid groups (broad SMARTS) is 1. The Balaban J connectivity index is 2.20. The number of rotatable bonds is 17. The Bertz CT molecular complexity index is 1080. The fourth-order valence-corrected chi connectivity index (χ4v) is 4.30. The first kappa shape index (κ1) is 32.5. The number of amides is 3. The van der Waals surface area contributed by atoms with E-state index in [0.29, 0.717) is 25.8 Å². The summed E-state index contributed by atoms with van der Waals surface area (Å²) in [7, 11) is 0. The quantitative estimate of drug-likeness (QED) is 0.161. The monoisotopic (exact) mass is 553 g/mol. The van der Waals surface area contributed by atoms with Crippen LogP contribution in [0, 0.1) is 5.92 Å². The van der Waals surface area contributed by atoms with Crippen molar-refractivity contribution in [1.29, 1.82) is 0 Å². The van der Waals surface area contributed by atoms with Crippen LogP contribution >= 0.6 is 0 Å². The molecular weight excluding hydrogens is 510 g/mol. The topological polar surface area (TPSA) is 177 Å². The zero-order valence-corrected chi connectivity index (χ0v) is 23.3. The number of carbonyl (C=O) groups excluding carboxylic acids is 3. The predicted molar refractivity (Wildman–Crippen MR) is 154 cm³/mol. The Labute approximate surface area is 236 Å². The molecule has 0 spiro atoms. The smallest absolute Gasteiger partial charge is 0.326 e. The van der Waals surface area contributed by atoms with E-state index in [2.05, 4.69) is 16.0 Å². The number of aliphatic carboxylic acids is 1. The zero-order chi connectivity index (χ0) is 29.5. The van der Waals surface area contributed by atoms with Gasteiger partial charge in [-0.1, -0.05) is 74.5 Å². The van der Waals surface area contributed by atoms with Crippen molar-refractivity contribution in [1.82, 2.24) is 16.0 Å². The second kappa shape index (κ2) is 17.0. The molecule has 10 heteroatoms. The molecule has 2 aromatic rings. The maximum Gasteiger partial charge on any atom is 0.326 e. The Morgan fingerprint density at radius 1 is 0.725 bits per heavy atom. The average molecular weight is 554 g/mol. The number of nitrogens with one attached hydrogen (secondary N) is 3. The summed E-state index contributed by atoms with van der Waals surface area (Å²) >= 11 is 0. The van der Waals surface area contributed by atoms with Gasteiger partial charge in [0.2, 0.25) is 17.7 Å². The van der Waals surface area contributed by atoms with Crippen LogP contribution < -0.4 is 27.4 Å². The van der Waals surface area contributed by atoms with E-state index in [1.807, 2.05) is 74.5 Å². The maximum absolute atomic E-state index is 13.5. The molecule has 0 saturated carbocycles. The number of carbonyl (C=O) groups is 4. The van der Waals surface area contributed by atoms with E-state index in [4.69, 9.17) is 11.5 Å². The minimum atomic E-state index is -1.14. The van der Waals surface area contributed by atoms with Crippen LogP contribution in [0.2, 0.25) is 0 Å². The van der Waals surface area contributed by atoms with E-state index in [1.165, 1.54) is 0 Å². The molecule has 0 saturated heterocycles. The minimum absolute atomic E-state index is 0.0391. The van der Waals surface area contributed by atoms with Crippen LogP contribution in [0.15, 0.2) is 60.7 Å². The summed E-state index contributed by atoms with van der Waals surface area (Å²) in [6.45, 7) is 4.14. The van der Waals surface area contributed by atoms with Crippen LogP contribution in [0.4, 0.5) is 0 Å². The minimum Gasteiger partial charge on any atom is -0.480 e. The molecule has 0 fully saturated rings. The van der Waals surface area contributed by atoms with E-state index in [1.54, 1.807) is 0 Å². The van der Waals surface area contributed by atoms with E-state index in [0.717, 1.165) is 11.1 Å². The van der Waals surface area contributed by atoms with E-state index in [-0.39, 0.29) is 25.2 Å². The van der Waals surface area contributed by atoms with Gasteiger partial charge in [-0.25, -0.2) is 4.79 Å². The summed E-state index contributed by atoms with van der Waals surface area (Å²) in [5.74, 6) is -2.75. The molecule has 3 amide bonds. The van der Waals surface area contributed by atoms with E-state index >= 15 is 0 Å². The summed E-state index contributed by atoms with van der Waals surface area (Å²) in [6.07, 6.45) is 2.17. The lowest BCUT2D eigenvalue weighted by molar-refractivity contribution is -0.142. The highest BCUT2D eigenvalue weighted by molar-refractivity contribution is 5.94. The van der Waals surface area contributed by atoms with Crippen LogP contribution in [0.25, 0.3) is 0 Å². The molecule has 218 valence electrons. The van der Waals surface area contributed by atoms with E-state index in [9.17, 15) is 24.3 Å². The summed E-state index contributed by atoms with van der Waals surface area (Å²) < 4.78 is 0. The zero-order valence-electron chi connectivity index (χ0n) is 23.3. The van der Waals surface area contributed by atoms with Gasteiger partial charge in [-0.2, -0.15) is 0 Å². The third-order valence-corrected chi connectivity index (χ3v) is 6.45. The summed E-state index contributed by atoms with van der Waals surface area (Å²) in [5, 5.41) is 17.7. The molecule has 4 atom stereocenters. The molecule has 40 heavy (non-hydrogen) atoms. The number of unbranched alkanes of at least 4 members (excludes halogenated alkanes) is 1. The highest BCUT2D eigenvalue weighted by Crippen LogP contribution is 2.10. The van der Waals surface area contributed by atoms with Gasteiger partial charge in [0.1, 0.15) is 18.1 Å². The van der Waals surface area contributed by atoms with Crippen LogP contribution in [0.3, 0.4) is 0 Å². The molecule has 0 bridgehead atoms. The standard InChI is InChI=1S/C30H43N5O5/c1-20(2)17-26(30(39)40)35-28(37)24(15-9-10-16-31)33-29(38)25(19-22-13-7-4-8-14-22)34-27(36)23(32)18-21-11-5-3-6-12-21/h3-8,11-14,20,23-26H,9-10,15-19,31-32H2,1-2H3,(H,33,38)(H,34,36)(H,35,37)(H,39,40). The van der Waals surface area contributed by atoms with Gasteiger partial charge in [0.05, 0.1) is 6.04 Å². The maximum atomic E-state index is 13.5. The molecule has 0 aliphatic heterocycles. The van der Waals surface area contributed by atoms with Crippen molar-refractivity contribution in [3.63, 3.8) is 0 Å². The van der Waals surface area contributed by atoms with Gasteiger partial charge in [0.15, 0.2) is 0 Å². The molecular formula is C30H43N5O5. The molecule has 8 N–H and O–H groups in total. The molecule has 2 aromatic carbocycles. The number of nitrogens with two attached hydrogens (primary N) is 2. The molecule has 0 aromatic heterocycles. The van der Waals surface area contributed by atoms with Crippen molar-refractivity contribution in [2.75, 3.05) is 6.54 Å². The van der Waals surface area contributed by atoms with Crippen molar-refractivity contribution in [3.05, 3.63) is 71.8 Å². The lowest BCUT2D eigenvalue weighted by atomic mass is 10.0. The second-order valence-electron chi connectivity index (χ2n) is 10.4. The van der Waals surface area contributed by atoms with Crippen LogP contribution in [0.1, 0.15) is 50.7 Å². The highest BCUT2D eigenvalue weighted by Gasteiger charge is 2.30. The van der Waals surface area contributed by atoms with Gasteiger partial charge in [0, 0.05) is 6.42 Å².